The van der Waals surface area contributed by atoms with Gasteiger partial charge in [0.2, 0.25) is 0 Å². The Hall–Kier alpha value is -2.82. The number of carbonyl (C=O) groups excluding carboxylic acids is 2. The van der Waals surface area contributed by atoms with Crippen molar-refractivity contribution in [2.24, 2.45) is 0 Å². The van der Waals surface area contributed by atoms with Crippen molar-refractivity contribution < 1.29 is 14.3 Å². The molecule has 0 aromatic heterocycles. The molecule has 112 valence electrons. The van der Waals surface area contributed by atoms with Crippen molar-refractivity contribution in [1.82, 2.24) is 0 Å². The molecule has 1 aliphatic rings. The van der Waals surface area contributed by atoms with Crippen LogP contribution in [0.2, 0.25) is 0 Å². The summed E-state index contributed by atoms with van der Waals surface area (Å²) in [4.78, 5) is 23.9. The number of anilines is 2. The fourth-order valence-corrected chi connectivity index (χ4v) is 2.28. The second-order valence-corrected chi connectivity index (χ2v) is 5.28. The number of rotatable bonds is 2. The number of fused-ring (bicyclic) bond motifs is 1. The fourth-order valence-electron chi connectivity index (χ4n) is 2.28. The Morgan fingerprint density at radius 3 is 2.82 bits per heavy atom. The highest BCUT2D eigenvalue weighted by molar-refractivity contribution is 6.06. The predicted molar refractivity (Wildman–Crippen MR) is 84.3 cm³/mol. The number of aryl methyl sites for hydroxylation is 1. The van der Waals surface area contributed by atoms with Gasteiger partial charge >= 0.3 is 0 Å². The van der Waals surface area contributed by atoms with Gasteiger partial charge in [-0.05, 0) is 49.7 Å². The zero-order chi connectivity index (χ0) is 15.7. The van der Waals surface area contributed by atoms with Gasteiger partial charge in [0.1, 0.15) is 5.75 Å². The average Bonchev–Trinajstić information content (AvgIpc) is 2.48. The standard InChI is InChI=1S/C17H16N2O3/c1-10-4-3-5-13(8-10)18-17(21)12-6-7-15-14(9-12)19-16(20)11(2)22-15/h3-9,11H,1-2H3,(H,18,21)(H,19,20). The summed E-state index contributed by atoms with van der Waals surface area (Å²) >= 11 is 0. The first-order valence-corrected chi connectivity index (χ1v) is 7.02. The van der Waals surface area contributed by atoms with Crippen LogP contribution in [0.4, 0.5) is 11.4 Å². The summed E-state index contributed by atoms with van der Waals surface area (Å²) in [5.41, 5.74) is 2.77. The molecule has 2 N–H and O–H groups in total. The summed E-state index contributed by atoms with van der Waals surface area (Å²) in [6.07, 6.45) is -0.528. The number of nitrogens with one attached hydrogen (secondary N) is 2. The Kier molecular flexibility index (Phi) is 3.55. The van der Waals surface area contributed by atoms with Crippen molar-refractivity contribution in [3.63, 3.8) is 0 Å². The molecule has 0 aliphatic carbocycles. The van der Waals surface area contributed by atoms with Gasteiger partial charge in [-0.2, -0.15) is 0 Å². The Bertz CT molecular complexity index is 755. The molecule has 0 fully saturated rings. The van der Waals surface area contributed by atoms with E-state index in [2.05, 4.69) is 10.6 Å². The Morgan fingerprint density at radius 2 is 2.05 bits per heavy atom. The van der Waals surface area contributed by atoms with Crippen LogP contribution in [0.25, 0.3) is 0 Å². The summed E-state index contributed by atoms with van der Waals surface area (Å²) < 4.78 is 5.47. The van der Waals surface area contributed by atoms with Gasteiger partial charge in [0, 0.05) is 11.3 Å². The minimum Gasteiger partial charge on any atom is -0.479 e. The van der Waals surface area contributed by atoms with Gasteiger partial charge in [0.05, 0.1) is 5.69 Å². The van der Waals surface area contributed by atoms with E-state index in [9.17, 15) is 9.59 Å². The zero-order valence-corrected chi connectivity index (χ0v) is 12.3. The van der Waals surface area contributed by atoms with Crippen LogP contribution in [0.1, 0.15) is 22.8 Å². The van der Waals surface area contributed by atoms with Crippen LogP contribution in [0, 0.1) is 6.92 Å². The molecule has 22 heavy (non-hydrogen) atoms. The summed E-state index contributed by atoms with van der Waals surface area (Å²) in [5.74, 6) is 0.115. The third kappa shape index (κ3) is 2.79. The quantitative estimate of drug-likeness (QED) is 0.895. The Labute approximate surface area is 128 Å². The predicted octanol–water partition coefficient (Wildman–Crippen LogP) is 2.97. The first kappa shape index (κ1) is 14.1. The second-order valence-electron chi connectivity index (χ2n) is 5.28. The molecule has 3 rings (SSSR count). The maximum absolute atomic E-state index is 12.3. The van der Waals surface area contributed by atoms with Crippen LogP contribution < -0.4 is 15.4 Å². The number of hydrogen-bond acceptors (Lipinski definition) is 3. The number of carbonyl (C=O) groups is 2. The van der Waals surface area contributed by atoms with Crippen molar-refractivity contribution in [3.8, 4) is 5.75 Å². The van der Waals surface area contributed by atoms with Gasteiger partial charge in [-0.25, -0.2) is 0 Å². The normalized spacial score (nSPS) is 16.3. The first-order chi connectivity index (χ1) is 10.5. The number of ether oxygens (including phenoxy) is 1. The van der Waals surface area contributed by atoms with E-state index >= 15 is 0 Å². The van der Waals surface area contributed by atoms with E-state index in [-0.39, 0.29) is 11.8 Å². The van der Waals surface area contributed by atoms with Crippen LogP contribution in [0.5, 0.6) is 5.75 Å². The molecule has 0 saturated carbocycles. The van der Waals surface area contributed by atoms with Gasteiger partial charge < -0.3 is 15.4 Å². The minimum atomic E-state index is -0.528. The minimum absolute atomic E-state index is 0.219. The van der Waals surface area contributed by atoms with Crippen molar-refractivity contribution in [2.45, 2.75) is 20.0 Å². The third-order valence-corrected chi connectivity index (χ3v) is 3.45. The van der Waals surface area contributed by atoms with Crippen LogP contribution in [-0.4, -0.2) is 17.9 Å². The van der Waals surface area contributed by atoms with E-state index < -0.39 is 6.10 Å². The smallest absolute Gasteiger partial charge is 0.265 e. The molecule has 1 unspecified atom stereocenters. The van der Waals surface area contributed by atoms with Gasteiger partial charge in [0.25, 0.3) is 11.8 Å². The molecular formula is C17H16N2O3. The van der Waals surface area contributed by atoms with Crippen molar-refractivity contribution in [1.29, 1.82) is 0 Å². The number of benzene rings is 2. The zero-order valence-electron chi connectivity index (χ0n) is 12.3. The van der Waals surface area contributed by atoms with Crippen molar-refractivity contribution in [2.75, 3.05) is 10.6 Å². The Morgan fingerprint density at radius 1 is 1.23 bits per heavy atom. The SMILES string of the molecule is Cc1cccc(NC(=O)c2ccc3c(c2)NC(=O)C(C)O3)c1. The molecular weight excluding hydrogens is 280 g/mol. The summed E-state index contributed by atoms with van der Waals surface area (Å²) in [6.45, 7) is 3.64. The average molecular weight is 296 g/mol. The highest BCUT2D eigenvalue weighted by atomic mass is 16.5. The van der Waals surface area contributed by atoms with E-state index in [1.807, 2.05) is 31.2 Å². The van der Waals surface area contributed by atoms with E-state index in [1.165, 1.54) is 0 Å². The van der Waals surface area contributed by atoms with Crippen LogP contribution >= 0.6 is 0 Å². The second kappa shape index (κ2) is 5.52. The maximum Gasteiger partial charge on any atom is 0.265 e. The highest BCUT2D eigenvalue weighted by Crippen LogP contribution is 2.30. The summed E-state index contributed by atoms with van der Waals surface area (Å²) in [5, 5.41) is 5.57. The monoisotopic (exact) mass is 296 g/mol. The first-order valence-electron chi connectivity index (χ1n) is 7.02. The lowest BCUT2D eigenvalue weighted by molar-refractivity contribution is -0.122. The van der Waals surface area contributed by atoms with E-state index in [0.717, 1.165) is 11.3 Å². The number of amides is 2. The van der Waals surface area contributed by atoms with E-state index in [0.29, 0.717) is 17.0 Å². The van der Waals surface area contributed by atoms with Gasteiger partial charge in [-0.3, -0.25) is 9.59 Å². The van der Waals surface area contributed by atoms with Gasteiger partial charge in [0.15, 0.2) is 6.10 Å². The lowest BCUT2D eigenvalue weighted by Gasteiger charge is -2.23. The molecule has 1 atom stereocenters. The van der Waals surface area contributed by atoms with E-state index in [1.54, 1.807) is 25.1 Å². The van der Waals surface area contributed by atoms with Gasteiger partial charge in [-0.1, -0.05) is 12.1 Å². The molecule has 0 saturated heterocycles. The highest BCUT2D eigenvalue weighted by Gasteiger charge is 2.24. The fraction of sp³-hybridized carbons (Fsp3) is 0.176. The van der Waals surface area contributed by atoms with Crippen LogP contribution in [0.15, 0.2) is 42.5 Å². The third-order valence-electron chi connectivity index (χ3n) is 3.45. The van der Waals surface area contributed by atoms with Crippen molar-refractivity contribution in [3.05, 3.63) is 53.6 Å². The molecule has 2 aromatic carbocycles. The Balaban J connectivity index is 1.82. The molecule has 0 spiro atoms. The molecule has 1 aliphatic heterocycles. The summed E-state index contributed by atoms with van der Waals surface area (Å²) in [7, 11) is 0. The molecule has 1 heterocycles. The molecule has 5 heteroatoms. The lowest BCUT2D eigenvalue weighted by atomic mass is 10.1. The maximum atomic E-state index is 12.3. The van der Waals surface area contributed by atoms with E-state index in [4.69, 9.17) is 4.74 Å². The van der Waals surface area contributed by atoms with Crippen molar-refractivity contribution >= 4 is 23.2 Å². The molecule has 2 aromatic rings. The summed E-state index contributed by atoms with van der Waals surface area (Å²) in [6, 6.07) is 12.5. The van der Waals surface area contributed by atoms with Crippen LogP contribution in [0.3, 0.4) is 0 Å². The largest absolute Gasteiger partial charge is 0.479 e. The molecule has 0 bridgehead atoms. The molecule has 0 radical (unpaired) electrons. The number of hydrogen-bond donors (Lipinski definition) is 2. The topological polar surface area (TPSA) is 67.4 Å². The molecule has 5 nitrogen and oxygen atoms in total. The lowest BCUT2D eigenvalue weighted by Crippen LogP contribution is -2.34. The molecule has 2 amide bonds. The van der Waals surface area contributed by atoms with Gasteiger partial charge in [-0.15, -0.1) is 0 Å². The van der Waals surface area contributed by atoms with Crippen LogP contribution in [-0.2, 0) is 4.79 Å².